The maximum atomic E-state index is 11.5. The highest BCUT2D eigenvalue weighted by Crippen LogP contribution is 2.06. The maximum absolute atomic E-state index is 11.5. The van der Waals surface area contributed by atoms with Gasteiger partial charge in [-0.3, -0.25) is 4.98 Å². The highest BCUT2D eigenvalue weighted by atomic mass is 16.5. The summed E-state index contributed by atoms with van der Waals surface area (Å²) in [5.41, 5.74) is 1.40. The first kappa shape index (κ1) is 13.4. The summed E-state index contributed by atoms with van der Waals surface area (Å²) in [5.74, 6) is -0.328. The third-order valence-electron chi connectivity index (χ3n) is 2.14. The van der Waals surface area contributed by atoms with Gasteiger partial charge >= 0.3 is 5.97 Å². The molecule has 0 aliphatic heterocycles. The van der Waals surface area contributed by atoms with Crippen LogP contribution < -0.4 is 5.32 Å². The van der Waals surface area contributed by atoms with Crippen molar-refractivity contribution < 1.29 is 9.53 Å². The van der Waals surface area contributed by atoms with Gasteiger partial charge in [0.1, 0.15) is 0 Å². The second-order valence-corrected chi connectivity index (χ2v) is 3.52. The van der Waals surface area contributed by atoms with E-state index >= 15 is 0 Å². The van der Waals surface area contributed by atoms with Crippen molar-refractivity contribution in [1.29, 1.82) is 0 Å². The Labute approximate surface area is 102 Å². The third kappa shape index (κ3) is 4.78. The van der Waals surface area contributed by atoms with E-state index < -0.39 is 0 Å². The zero-order valence-electron chi connectivity index (χ0n) is 10.3. The van der Waals surface area contributed by atoms with Crippen LogP contribution in [0, 0.1) is 0 Å². The summed E-state index contributed by atoms with van der Waals surface area (Å²) >= 11 is 0. The summed E-state index contributed by atoms with van der Waals surface area (Å²) in [7, 11) is 1.91. The van der Waals surface area contributed by atoms with Gasteiger partial charge in [0.2, 0.25) is 0 Å². The second kappa shape index (κ2) is 7.57. The van der Waals surface area contributed by atoms with Crippen LogP contribution in [0.4, 0.5) is 0 Å². The molecule has 1 rings (SSSR count). The monoisotopic (exact) mass is 234 g/mol. The first-order chi connectivity index (χ1) is 8.27. The van der Waals surface area contributed by atoms with Crippen molar-refractivity contribution in [3.63, 3.8) is 0 Å². The van der Waals surface area contributed by atoms with Gasteiger partial charge in [0, 0.05) is 12.4 Å². The number of carbonyl (C=O) groups is 1. The minimum absolute atomic E-state index is 0.328. The summed E-state index contributed by atoms with van der Waals surface area (Å²) in [6.07, 6.45) is 8.18. The van der Waals surface area contributed by atoms with Gasteiger partial charge in [-0.15, -0.1) is 0 Å². The van der Waals surface area contributed by atoms with E-state index in [1.807, 2.05) is 19.2 Å². The van der Waals surface area contributed by atoms with Crippen molar-refractivity contribution >= 4 is 12.0 Å². The zero-order chi connectivity index (χ0) is 12.5. The Kier molecular flexibility index (Phi) is 5.96. The minimum Gasteiger partial charge on any atom is -0.462 e. The lowest BCUT2D eigenvalue weighted by Gasteiger charge is -2.01. The molecule has 1 aromatic heterocycles. The van der Waals surface area contributed by atoms with Crippen molar-refractivity contribution in [2.24, 2.45) is 0 Å². The van der Waals surface area contributed by atoms with Crippen LogP contribution in [0.25, 0.3) is 6.08 Å². The van der Waals surface area contributed by atoms with E-state index in [0.717, 1.165) is 18.5 Å². The summed E-state index contributed by atoms with van der Waals surface area (Å²) in [4.78, 5) is 15.5. The molecule has 4 heteroatoms. The molecule has 0 aliphatic carbocycles. The Balaban J connectivity index is 2.65. The van der Waals surface area contributed by atoms with Crippen molar-refractivity contribution in [2.45, 2.75) is 13.3 Å². The number of pyridine rings is 1. The van der Waals surface area contributed by atoms with Crippen molar-refractivity contribution in [2.75, 3.05) is 20.2 Å². The van der Waals surface area contributed by atoms with E-state index in [1.54, 1.807) is 19.2 Å². The van der Waals surface area contributed by atoms with Crippen LogP contribution in [0.5, 0.6) is 0 Å². The molecule has 92 valence electrons. The molecule has 0 atom stereocenters. The van der Waals surface area contributed by atoms with E-state index in [9.17, 15) is 4.79 Å². The largest absolute Gasteiger partial charge is 0.462 e. The molecule has 0 saturated heterocycles. The SMILES string of the molecule is CCOC(=O)c1cncc(C=CCCNC)c1. The molecule has 0 fully saturated rings. The predicted molar refractivity (Wildman–Crippen MR) is 67.8 cm³/mol. The van der Waals surface area contributed by atoms with Crippen molar-refractivity contribution in [3.05, 3.63) is 35.7 Å². The van der Waals surface area contributed by atoms with Crippen LogP contribution in [-0.4, -0.2) is 31.2 Å². The number of hydrogen-bond acceptors (Lipinski definition) is 4. The van der Waals surface area contributed by atoms with Gasteiger partial charge in [-0.1, -0.05) is 12.2 Å². The molecular formula is C13H18N2O2. The Bertz CT molecular complexity index is 389. The first-order valence-corrected chi connectivity index (χ1v) is 5.71. The highest BCUT2D eigenvalue weighted by molar-refractivity contribution is 5.89. The second-order valence-electron chi connectivity index (χ2n) is 3.52. The van der Waals surface area contributed by atoms with Gasteiger partial charge in [0.25, 0.3) is 0 Å². The topological polar surface area (TPSA) is 51.2 Å². The summed E-state index contributed by atoms with van der Waals surface area (Å²) in [6.45, 7) is 3.09. The summed E-state index contributed by atoms with van der Waals surface area (Å²) in [6, 6.07) is 1.78. The van der Waals surface area contributed by atoms with Gasteiger partial charge in [-0.2, -0.15) is 0 Å². The number of esters is 1. The zero-order valence-corrected chi connectivity index (χ0v) is 10.3. The van der Waals surface area contributed by atoms with Gasteiger partial charge in [0.15, 0.2) is 0 Å². The predicted octanol–water partition coefficient (Wildman–Crippen LogP) is 1.88. The van der Waals surface area contributed by atoms with E-state index in [1.165, 1.54) is 6.20 Å². The lowest BCUT2D eigenvalue weighted by molar-refractivity contribution is 0.0526. The van der Waals surface area contributed by atoms with Crippen molar-refractivity contribution in [1.82, 2.24) is 10.3 Å². The normalized spacial score (nSPS) is 10.7. The molecular weight excluding hydrogens is 216 g/mol. The molecule has 0 spiro atoms. The van der Waals surface area contributed by atoms with E-state index in [0.29, 0.717) is 12.2 Å². The molecule has 0 amide bonds. The average molecular weight is 234 g/mol. The minimum atomic E-state index is -0.328. The van der Waals surface area contributed by atoms with E-state index in [-0.39, 0.29) is 5.97 Å². The van der Waals surface area contributed by atoms with E-state index in [2.05, 4.69) is 10.3 Å². The van der Waals surface area contributed by atoms with Gasteiger partial charge in [0.05, 0.1) is 12.2 Å². The molecule has 1 N–H and O–H groups in total. The molecule has 4 nitrogen and oxygen atoms in total. The fourth-order valence-electron chi connectivity index (χ4n) is 1.32. The van der Waals surface area contributed by atoms with Crippen LogP contribution in [0.1, 0.15) is 29.3 Å². The molecule has 0 bridgehead atoms. The number of nitrogens with zero attached hydrogens (tertiary/aromatic N) is 1. The summed E-state index contributed by atoms with van der Waals surface area (Å²) < 4.78 is 4.91. The lowest BCUT2D eigenvalue weighted by Crippen LogP contribution is -2.06. The van der Waals surface area contributed by atoms with E-state index in [4.69, 9.17) is 4.74 Å². The number of hydrogen-bond donors (Lipinski definition) is 1. The molecule has 0 unspecified atom stereocenters. The number of nitrogens with one attached hydrogen (secondary N) is 1. The maximum Gasteiger partial charge on any atom is 0.339 e. The quantitative estimate of drug-likeness (QED) is 0.603. The Morgan fingerprint density at radius 3 is 3.06 bits per heavy atom. The molecule has 0 saturated carbocycles. The number of ether oxygens (including phenoxy) is 1. The number of carbonyl (C=O) groups excluding carboxylic acids is 1. The molecule has 0 aromatic carbocycles. The van der Waals surface area contributed by atoms with Crippen molar-refractivity contribution in [3.8, 4) is 0 Å². The molecule has 1 aromatic rings. The summed E-state index contributed by atoms with van der Waals surface area (Å²) in [5, 5.41) is 3.06. The average Bonchev–Trinajstić information content (AvgIpc) is 2.35. The Morgan fingerprint density at radius 2 is 2.35 bits per heavy atom. The number of aromatic nitrogens is 1. The van der Waals surface area contributed by atoms with Gasteiger partial charge in [-0.25, -0.2) is 4.79 Å². The van der Waals surface area contributed by atoms with Crippen LogP contribution in [0.15, 0.2) is 24.5 Å². The fraction of sp³-hybridized carbons (Fsp3) is 0.385. The fourth-order valence-corrected chi connectivity index (χ4v) is 1.32. The first-order valence-electron chi connectivity index (χ1n) is 5.71. The van der Waals surface area contributed by atoms with Crippen LogP contribution >= 0.6 is 0 Å². The Morgan fingerprint density at radius 1 is 1.53 bits per heavy atom. The molecule has 0 radical (unpaired) electrons. The van der Waals surface area contributed by atoms with Crippen LogP contribution in [0.2, 0.25) is 0 Å². The lowest BCUT2D eigenvalue weighted by atomic mass is 10.2. The standard InChI is InChI=1S/C13H18N2O2/c1-3-17-13(16)12-8-11(9-15-10-12)6-4-5-7-14-2/h4,6,8-10,14H,3,5,7H2,1-2H3. The van der Waals surface area contributed by atoms with Gasteiger partial charge in [-0.05, 0) is 38.6 Å². The number of rotatable bonds is 6. The Hall–Kier alpha value is -1.68. The molecule has 0 aliphatic rings. The smallest absolute Gasteiger partial charge is 0.339 e. The van der Waals surface area contributed by atoms with Gasteiger partial charge < -0.3 is 10.1 Å². The van der Waals surface area contributed by atoms with Crippen LogP contribution in [0.3, 0.4) is 0 Å². The van der Waals surface area contributed by atoms with Crippen LogP contribution in [-0.2, 0) is 4.74 Å². The third-order valence-corrected chi connectivity index (χ3v) is 2.14. The molecule has 1 heterocycles. The molecule has 17 heavy (non-hydrogen) atoms. The highest BCUT2D eigenvalue weighted by Gasteiger charge is 2.06.